The first-order valence-corrected chi connectivity index (χ1v) is 6.83. The van der Waals surface area contributed by atoms with E-state index >= 15 is 0 Å². The molecule has 0 aromatic heterocycles. The Bertz CT molecular complexity index is 513. The van der Waals surface area contributed by atoms with Gasteiger partial charge in [-0.05, 0) is 23.3 Å². The molecule has 0 radical (unpaired) electrons. The van der Waals surface area contributed by atoms with E-state index in [0.29, 0.717) is 13.2 Å². The molecular formula is C17H21NO2. The second-order valence-electron chi connectivity index (χ2n) is 4.62. The lowest BCUT2D eigenvalue weighted by atomic mass is 10.0. The minimum Gasteiger partial charge on any atom is -0.492 e. The highest BCUT2D eigenvalue weighted by atomic mass is 16.5. The summed E-state index contributed by atoms with van der Waals surface area (Å²) < 4.78 is 11.2. The average Bonchev–Trinajstić information content (AvgIpc) is 2.52. The number of nitrogens with two attached hydrogens (primary N) is 1. The smallest absolute Gasteiger partial charge is 0.119 e. The second kappa shape index (κ2) is 7.68. The molecule has 2 N–H and O–H groups in total. The van der Waals surface area contributed by atoms with E-state index in [1.165, 1.54) is 5.56 Å². The van der Waals surface area contributed by atoms with Crippen LogP contribution in [0.1, 0.15) is 17.2 Å². The maximum atomic E-state index is 5.62. The number of benzene rings is 2. The van der Waals surface area contributed by atoms with Gasteiger partial charge < -0.3 is 15.2 Å². The van der Waals surface area contributed by atoms with Crippen molar-refractivity contribution in [1.82, 2.24) is 0 Å². The predicted molar refractivity (Wildman–Crippen MR) is 80.9 cm³/mol. The molecule has 3 nitrogen and oxygen atoms in total. The molecule has 0 saturated heterocycles. The molecule has 106 valence electrons. The normalized spacial score (nSPS) is 12.1. The molecule has 0 heterocycles. The van der Waals surface area contributed by atoms with Crippen LogP contribution in [0.4, 0.5) is 0 Å². The largest absolute Gasteiger partial charge is 0.492 e. The minimum atomic E-state index is 0.0267. The molecule has 2 aromatic rings. The van der Waals surface area contributed by atoms with Crippen molar-refractivity contribution in [2.75, 3.05) is 20.3 Å². The number of hydrogen-bond acceptors (Lipinski definition) is 3. The van der Waals surface area contributed by atoms with E-state index in [1.807, 2.05) is 36.4 Å². The van der Waals surface area contributed by atoms with Crippen LogP contribution in [0.3, 0.4) is 0 Å². The molecule has 0 amide bonds. The Kier molecular flexibility index (Phi) is 5.59. The van der Waals surface area contributed by atoms with Gasteiger partial charge in [0.2, 0.25) is 0 Å². The van der Waals surface area contributed by atoms with Crippen molar-refractivity contribution in [3.63, 3.8) is 0 Å². The van der Waals surface area contributed by atoms with Crippen LogP contribution in [0.5, 0.6) is 5.75 Å². The molecule has 20 heavy (non-hydrogen) atoms. The summed E-state index contributed by atoms with van der Waals surface area (Å²) in [5.74, 6) is 0.836. The molecule has 0 spiro atoms. The first-order chi connectivity index (χ1) is 9.83. The molecule has 0 aliphatic carbocycles. The molecule has 2 rings (SSSR count). The summed E-state index contributed by atoms with van der Waals surface area (Å²) in [6, 6.07) is 18.3. The summed E-state index contributed by atoms with van der Waals surface area (Å²) >= 11 is 0. The van der Waals surface area contributed by atoms with Crippen molar-refractivity contribution >= 4 is 0 Å². The fourth-order valence-corrected chi connectivity index (χ4v) is 2.15. The molecular weight excluding hydrogens is 250 g/mol. The van der Waals surface area contributed by atoms with Gasteiger partial charge in [0, 0.05) is 20.1 Å². The van der Waals surface area contributed by atoms with Crippen LogP contribution in [-0.4, -0.2) is 20.3 Å². The Morgan fingerprint density at radius 3 is 2.55 bits per heavy atom. The third-order valence-electron chi connectivity index (χ3n) is 3.16. The lowest BCUT2D eigenvalue weighted by Gasteiger charge is -2.17. The maximum Gasteiger partial charge on any atom is 0.119 e. The molecule has 0 aliphatic rings. The van der Waals surface area contributed by atoms with Gasteiger partial charge in [0.1, 0.15) is 12.4 Å². The van der Waals surface area contributed by atoms with E-state index in [4.69, 9.17) is 15.2 Å². The van der Waals surface area contributed by atoms with E-state index < -0.39 is 0 Å². The molecule has 1 unspecified atom stereocenters. The zero-order valence-corrected chi connectivity index (χ0v) is 11.8. The number of ether oxygens (including phenoxy) is 2. The Morgan fingerprint density at radius 2 is 1.85 bits per heavy atom. The predicted octanol–water partition coefficient (Wildman–Crippen LogP) is 2.95. The van der Waals surface area contributed by atoms with Crippen LogP contribution in [0.15, 0.2) is 54.6 Å². The van der Waals surface area contributed by atoms with Crippen LogP contribution >= 0.6 is 0 Å². The van der Waals surface area contributed by atoms with Crippen molar-refractivity contribution < 1.29 is 9.47 Å². The highest BCUT2D eigenvalue weighted by molar-refractivity contribution is 5.31. The van der Waals surface area contributed by atoms with Gasteiger partial charge in [-0.3, -0.25) is 0 Å². The summed E-state index contributed by atoms with van der Waals surface area (Å²) in [6.45, 7) is 1.04. The van der Waals surface area contributed by atoms with Crippen molar-refractivity contribution in [3.8, 4) is 5.75 Å². The maximum absolute atomic E-state index is 5.62. The van der Waals surface area contributed by atoms with E-state index in [1.54, 1.807) is 7.11 Å². The number of hydrogen-bond donors (Lipinski definition) is 1. The second-order valence-corrected chi connectivity index (χ2v) is 4.62. The molecule has 0 fully saturated rings. The third kappa shape index (κ3) is 4.08. The Morgan fingerprint density at radius 1 is 1.05 bits per heavy atom. The van der Waals surface area contributed by atoms with Crippen molar-refractivity contribution in [2.45, 2.75) is 12.5 Å². The Labute approximate surface area is 120 Å². The van der Waals surface area contributed by atoms with Crippen molar-refractivity contribution in [2.24, 2.45) is 5.73 Å². The number of methoxy groups -OCH3 is 1. The molecule has 2 aromatic carbocycles. The Balaban J connectivity index is 2.10. The number of rotatable bonds is 7. The van der Waals surface area contributed by atoms with E-state index in [-0.39, 0.29) is 6.10 Å². The average molecular weight is 271 g/mol. The van der Waals surface area contributed by atoms with Gasteiger partial charge in [0.05, 0.1) is 6.10 Å². The fraction of sp³-hybridized carbons (Fsp3) is 0.294. The van der Waals surface area contributed by atoms with E-state index in [2.05, 4.69) is 18.2 Å². The van der Waals surface area contributed by atoms with E-state index in [9.17, 15) is 0 Å². The van der Waals surface area contributed by atoms with Crippen LogP contribution in [0.2, 0.25) is 0 Å². The summed E-state index contributed by atoms with van der Waals surface area (Å²) in [5, 5.41) is 0. The molecule has 0 bridgehead atoms. The van der Waals surface area contributed by atoms with Gasteiger partial charge in [0.15, 0.2) is 0 Å². The monoisotopic (exact) mass is 271 g/mol. The van der Waals surface area contributed by atoms with Gasteiger partial charge in [-0.2, -0.15) is 0 Å². The van der Waals surface area contributed by atoms with Crippen LogP contribution in [-0.2, 0) is 11.2 Å². The van der Waals surface area contributed by atoms with E-state index in [0.717, 1.165) is 17.7 Å². The summed E-state index contributed by atoms with van der Waals surface area (Å²) in [6.07, 6.45) is 0.872. The van der Waals surface area contributed by atoms with Crippen molar-refractivity contribution in [1.29, 1.82) is 0 Å². The summed E-state index contributed by atoms with van der Waals surface area (Å²) in [5.41, 5.74) is 7.83. The zero-order chi connectivity index (χ0) is 14.2. The molecule has 0 aliphatic heterocycles. The lowest BCUT2D eigenvalue weighted by molar-refractivity contribution is 0.103. The zero-order valence-electron chi connectivity index (χ0n) is 11.8. The first kappa shape index (κ1) is 14.6. The first-order valence-electron chi connectivity index (χ1n) is 6.83. The van der Waals surface area contributed by atoms with Crippen molar-refractivity contribution in [3.05, 3.63) is 65.7 Å². The summed E-state index contributed by atoms with van der Waals surface area (Å²) in [7, 11) is 1.74. The van der Waals surface area contributed by atoms with Crippen LogP contribution < -0.4 is 10.5 Å². The van der Waals surface area contributed by atoms with Gasteiger partial charge in [-0.25, -0.2) is 0 Å². The van der Waals surface area contributed by atoms with Gasteiger partial charge in [0.25, 0.3) is 0 Å². The summed E-state index contributed by atoms with van der Waals surface area (Å²) in [4.78, 5) is 0. The SMILES string of the molecule is COC(Cc1ccccc1)c1cccc(OCCN)c1. The standard InChI is InChI=1S/C17H21NO2/c1-19-17(12-14-6-3-2-4-7-14)15-8-5-9-16(13-15)20-11-10-18/h2-9,13,17H,10-12,18H2,1H3. The molecule has 1 atom stereocenters. The highest BCUT2D eigenvalue weighted by Crippen LogP contribution is 2.25. The topological polar surface area (TPSA) is 44.5 Å². The highest BCUT2D eigenvalue weighted by Gasteiger charge is 2.12. The van der Waals surface area contributed by atoms with Gasteiger partial charge in [-0.15, -0.1) is 0 Å². The third-order valence-corrected chi connectivity index (χ3v) is 3.16. The molecule has 0 saturated carbocycles. The minimum absolute atomic E-state index is 0.0267. The quantitative estimate of drug-likeness (QED) is 0.842. The van der Waals surface area contributed by atoms with Crippen LogP contribution in [0.25, 0.3) is 0 Å². The van der Waals surface area contributed by atoms with Crippen LogP contribution in [0, 0.1) is 0 Å². The lowest BCUT2D eigenvalue weighted by Crippen LogP contribution is -2.11. The molecule has 3 heteroatoms. The fourth-order valence-electron chi connectivity index (χ4n) is 2.15. The van der Waals surface area contributed by atoms with Gasteiger partial charge >= 0.3 is 0 Å². The Hall–Kier alpha value is -1.84. The van der Waals surface area contributed by atoms with Gasteiger partial charge in [-0.1, -0.05) is 42.5 Å².